The van der Waals surface area contributed by atoms with Crippen LogP contribution in [-0.4, -0.2) is 4.57 Å². The van der Waals surface area contributed by atoms with Gasteiger partial charge in [0, 0.05) is 34.3 Å². The lowest BCUT2D eigenvalue weighted by Crippen LogP contribution is -2.18. The molecule has 0 N–H and O–H groups in total. The van der Waals surface area contributed by atoms with Crippen molar-refractivity contribution >= 4 is 11.3 Å². The number of thiophene rings is 1. The molecule has 0 spiro atoms. The highest BCUT2D eigenvalue weighted by Crippen LogP contribution is 2.29. The Morgan fingerprint density at radius 1 is 1.22 bits per heavy atom. The zero-order valence-corrected chi connectivity index (χ0v) is 13.6. The lowest BCUT2D eigenvalue weighted by molar-refractivity contribution is 0.584. The van der Waals surface area contributed by atoms with Gasteiger partial charge in [0.1, 0.15) is 11.6 Å². The van der Waals surface area contributed by atoms with Gasteiger partial charge in [-0.2, -0.15) is 11.3 Å². The molecule has 118 valence electrons. The van der Waals surface area contributed by atoms with Crippen LogP contribution in [0.3, 0.4) is 0 Å². The Morgan fingerprint density at radius 3 is 2.61 bits per heavy atom. The molecule has 0 unspecified atom stereocenters. The van der Waals surface area contributed by atoms with Crippen LogP contribution in [0.1, 0.15) is 18.1 Å². The Morgan fingerprint density at radius 2 is 2.00 bits per heavy atom. The van der Waals surface area contributed by atoms with Gasteiger partial charge < -0.3 is 4.57 Å². The first-order valence-corrected chi connectivity index (χ1v) is 8.20. The first-order valence-electron chi connectivity index (χ1n) is 7.26. The maximum atomic E-state index is 14.4. The Labute approximate surface area is 136 Å². The van der Waals surface area contributed by atoms with Gasteiger partial charge in [-0.1, -0.05) is 6.92 Å². The molecule has 0 saturated carbocycles. The molecule has 0 bridgehead atoms. The fraction of sp³-hybridized carbons (Fsp3) is 0.167. The second-order valence-electron chi connectivity index (χ2n) is 5.30. The van der Waals surface area contributed by atoms with Crippen molar-refractivity contribution in [2.24, 2.45) is 0 Å². The highest BCUT2D eigenvalue weighted by atomic mass is 32.1. The molecule has 5 heteroatoms. The summed E-state index contributed by atoms with van der Waals surface area (Å²) < 4.78 is 29.4. The molecule has 3 rings (SSSR count). The summed E-state index contributed by atoms with van der Waals surface area (Å²) in [4.78, 5) is 12.5. The van der Waals surface area contributed by atoms with Crippen molar-refractivity contribution in [1.82, 2.24) is 4.57 Å². The number of benzene rings is 1. The minimum Gasteiger partial charge on any atom is -0.315 e. The molecule has 23 heavy (non-hydrogen) atoms. The fourth-order valence-electron chi connectivity index (χ4n) is 2.71. The quantitative estimate of drug-likeness (QED) is 0.681. The molecule has 0 radical (unpaired) electrons. The van der Waals surface area contributed by atoms with E-state index in [1.807, 2.05) is 28.3 Å². The lowest BCUT2D eigenvalue weighted by atomic mass is 10.00. The smallest absolute Gasteiger partial charge is 0.188 e. The topological polar surface area (TPSA) is 22.0 Å². The molecule has 0 fully saturated rings. The van der Waals surface area contributed by atoms with E-state index in [2.05, 4.69) is 0 Å². The zero-order valence-electron chi connectivity index (χ0n) is 12.8. The van der Waals surface area contributed by atoms with Crippen LogP contribution in [0.15, 0.2) is 46.0 Å². The van der Waals surface area contributed by atoms with E-state index in [4.69, 9.17) is 0 Å². The summed E-state index contributed by atoms with van der Waals surface area (Å²) in [6, 6.07) is 5.34. The second kappa shape index (κ2) is 6.08. The highest BCUT2D eigenvalue weighted by Gasteiger charge is 2.18. The maximum absolute atomic E-state index is 14.4. The summed E-state index contributed by atoms with van der Waals surface area (Å²) in [7, 11) is 0. The van der Waals surface area contributed by atoms with Crippen LogP contribution in [0, 0.1) is 18.6 Å². The Bertz CT molecular complexity index is 914. The van der Waals surface area contributed by atoms with Gasteiger partial charge in [-0.3, -0.25) is 4.79 Å². The highest BCUT2D eigenvalue weighted by molar-refractivity contribution is 7.08. The third-order valence-corrected chi connectivity index (χ3v) is 4.48. The van der Waals surface area contributed by atoms with Crippen molar-refractivity contribution in [3.8, 4) is 16.9 Å². The summed E-state index contributed by atoms with van der Waals surface area (Å²) in [6.07, 6.45) is 2.18. The van der Waals surface area contributed by atoms with E-state index in [9.17, 15) is 13.6 Å². The monoisotopic (exact) mass is 331 g/mol. The first kappa shape index (κ1) is 15.6. The largest absolute Gasteiger partial charge is 0.315 e. The minimum atomic E-state index is -0.674. The number of hydrogen-bond donors (Lipinski definition) is 0. The maximum Gasteiger partial charge on any atom is 0.188 e. The lowest BCUT2D eigenvalue weighted by Gasteiger charge is -2.18. The molecule has 0 amide bonds. The average molecular weight is 331 g/mol. The van der Waals surface area contributed by atoms with Crippen LogP contribution in [0.4, 0.5) is 8.78 Å². The Balaban J connectivity index is 2.42. The van der Waals surface area contributed by atoms with Crippen molar-refractivity contribution in [2.75, 3.05) is 0 Å². The Hall–Kier alpha value is -2.27. The zero-order chi connectivity index (χ0) is 16.6. The van der Waals surface area contributed by atoms with Crippen molar-refractivity contribution in [2.45, 2.75) is 20.3 Å². The van der Waals surface area contributed by atoms with Crippen molar-refractivity contribution in [3.63, 3.8) is 0 Å². The van der Waals surface area contributed by atoms with Gasteiger partial charge in [0.15, 0.2) is 5.43 Å². The summed E-state index contributed by atoms with van der Waals surface area (Å²) in [5.41, 5.74) is 2.59. The van der Waals surface area contributed by atoms with E-state index < -0.39 is 11.6 Å². The van der Waals surface area contributed by atoms with Gasteiger partial charge in [0.25, 0.3) is 0 Å². The van der Waals surface area contributed by atoms with E-state index in [-0.39, 0.29) is 11.0 Å². The number of halogens is 2. The first-order chi connectivity index (χ1) is 11.0. The molecule has 2 nitrogen and oxygen atoms in total. The molecular weight excluding hydrogens is 316 g/mol. The van der Waals surface area contributed by atoms with Gasteiger partial charge in [0.2, 0.25) is 0 Å². The third-order valence-electron chi connectivity index (χ3n) is 3.81. The van der Waals surface area contributed by atoms with Gasteiger partial charge in [-0.15, -0.1) is 0 Å². The van der Waals surface area contributed by atoms with Crippen LogP contribution in [0.2, 0.25) is 0 Å². The standard InChI is InChI=1S/C18H15F2NOS/c1-3-14-17(15-5-4-12(19)8-16(15)20)21(9-11(2)18(14)22)13-6-7-23-10-13/h4-10H,3H2,1-2H3. The van der Waals surface area contributed by atoms with E-state index in [0.29, 0.717) is 23.2 Å². The normalized spacial score (nSPS) is 11.0. The third kappa shape index (κ3) is 2.72. The summed E-state index contributed by atoms with van der Waals surface area (Å²) >= 11 is 1.52. The predicted molar refractivity (Wildman–Crippen MR) is 89.4 cm³/mol. The van der Waals surface area contributed by atoms with Crippen LogP contribution >= 0.6 is 11.3 Å². The van der Waals surface area contributed by atoms with E-state index in [0.717, 1.165) is 11.8 Å². The number of aryl methyl sites for hydroxylation is 1. The fourth-order valence-corrected chi connectivity index (χ4v) is 3.34. The van der Waals surface area contributed by atoms with Crippen molar-refractivity contribution in [1.29, 1.82) is 0 Å². The van der Waals surface area contributed by atoms with Gasteiger partial charge >= 0.3 is 0 Å². The van der Waals surface area contributed by atoms with Crippen LogP contribution in [-0.2, 0) is 6.42 Å². The number of aromatic nitrogens is 1. The predicted octanol–water partition coefficient (Wildman–Crippen LogP) is 4.72. The molecule has 1 aromatic carbocycles. The molecule has 0 aliphatic carbocycles. The summed E-state index contributed by atoms with van der Waals surface area (Å²) in [5.74, 6) is -1.31. The van der Waals surface area contributed by atoms with E-state index in [1.54, 1.807) is 13.1 Å². The SMILES string of the molecule is CCc1c(-c2ccc(F)cc2F)n(-c2ccsc2)cc(C)c1=O. The van der Waals surface area contributed by atoms with Gasteiger partial charge in [-0.05, 0) is 36.9 Å². The second-order valence-corrected chi connectivity index (χ2v) is 6.08. The number of pyridine rings is 1. The van der Waals surface area contributed by atoms with E-state index >= 15 is 0 Å². The summed E-state index contributed by atoms with van der Waals surface area (Å²) in [5, 5.41) is 3.84. The molecule has 3 aromatic rings. The number of rotatable bonds is 3. The summed E-state index contributed by atoms with van der Waals surface area (Å²) in [6.45, 7) is 3.61. The van der Waals surface area contributed by atoms with Crippen LogP contribution in [0.25, 0.3) is 16.9 Å². The molecule has 0 saturated heterocycles. The molecule has 2 heterocycles. The molecular formula is C18H15F2NOS. The molecule has 0 atom stereocenters. The average Bonchev–Trinajstić information content (AvgIpc) is 3.04. The van der Waals surface area contributed by atoms with Crippen molar-refractivity contribution in [3.05, 3.63) is 74.2 Å². The van der Waals surface area contributed by atoms with Crippen molar-refractivity contribution < 1.29 is 8.78 Å². The minimum absolute atomic E-state index is 0.0993. The van der Waals surface area contributed by atoms with Crippen LogP contribution in [0.5, 0.6) is 0 Å². The van der Waals surface area contributed by atoms with E-state index in [1.165, 1.54) is 23.5 Å². The molecule has 0 aliphatic rings. The number of nitrogens with zero attached hydrogens (tertiary/aromatic N) is 1. The van der Waals surface area contributed by atoms with Gasteiger partial charge in [-0.25, -0.2) is 8.78 Å². The Kier molecular flexibility index (Phi) is 4.13. The number of hydrogen-bond acceptors (Lipinski definition) is 2. The molecule has 0 aliphatic heterocycles. The van der Waals surface area contributed by atoms with Crippen LogP contribution < -0.4 is 5.43 Å². The molecule has 2 aromatic heterocycles. The van der Waals surface area contributed by atoms with Gasteiger partial charge in [0.05, 0.1) is 11.4 Å².